The maximum atomic E-state index is 16.2. The molecule has 8 rings (SSSR count). The monoisotopic (exact) mass is 648 g/mol. The van der Waals surface area contributed by atoms with Gasteiger partial charge in [0.25, 0.3) is 0 Å². The molecule has 10 heteroatoms. The van der Waals surface area contributed by atoms with E-state index in [4.69, 9.17) is 21.3 Å². The molecule has 42 heavy (non-hydrogen) atoms. The number of carbonyl (C=O) groups excluding carboxylic acids is 2. The van der Waals surface area contributed by atoms with Crippen LogP contribution in [0.1, 0.15) is 52.0 Å². The zero-order valence-corrected chi connectivity index (χ0v) is 25.1. The second kappa shape index (κ2) is 9.36. The first-order valence-corrected chi connectivity index (χ1v) is 15.4. The number of halogens is 3. The molecule has 4 heterocycles. The maximum Gasteiger partial charge on any atom is 0.337 e. The van der Waals surface area contributed by atoms with Gasteiger partial charge in [0, 0.05) is 48.1 Å². The molecule has 1 saturated heterocycles. The summed E-state index contributed by atoms with van der Waals surface area (Å²) in [6, 6.07) is 16.3. The molecule has 3 aromatic carbocycles. The molecule has 1 aromatic heterocycles. The van der Waals surface area contributed by atoms with E-state index in [0.717, 1.165) is 36.3 Å². The summed E-state index contributed by atoms with van der Waals surface area (Å²) in [7, 11) is 1.36. The number of carbonyl (C=O) groups is 2. The van der Waals surface area contributed by atoms with Crippen LogP contribution in [-0.4, -0.2) is 51.6 Å². The van der Waals surface area contributed by atoms with Gasteiger partial charge < -0.3 is 14.6 Å². The SMILES string of the molecule is COC(=O)c1ccc2c(c1)nc1n2C[C@H]2[C@@H]1[C@H](c1cccc(Br)c1F)[C@@]1(Cc3ccc(Cl)cc3NC1=O)N2CC1CC1. The van der Waals surface area contributed by atoms with E-state index in [1.54, 1.807) is 24.3 Å². The second-order valence-corrected chi connectivity index (χ2v) is 13.2. The van der Waals surface area contributed by atoms with Crippen LogP contribution in [0.5, 0.6) is 0 Å². The molecule has 4 atom stereocenters. The topological polar surface area (TPSA) is 76.5 Å². The zero-order valence-electron chi connectivity index (χ0n) is 22.7. The fraction of sp³-hybridized carbons (Fsp3) is 0.344. The highest BCUT2D eigenvalue weighted by atomic mass is 79.9. The number of fused-ring (bicyclic) bond motifs is 6. The van der Waals surface area contributed by atoms with E-state index < -0.39 is 17.4 Å². The molecule has 2 fully saturated rings. The van der Waals surface area contributed by atoms with Crippen LogP contribution in [0.4, 0.5) is 10.1 Å². The number of rotatable bonds is 4. The van der Waals surface area contributed by atoms with Crippen molar-refractivity contribution in [1.29, 1.82) is 0 Å². The molecule has 3 aliphatic heterocycles. The Bertz CT molecular complexity index is 1820. The van der Waals surface area contributed by atoms with Crippen molar-refractivity contribution < 1.29 is 18.7 Å². The molecule has 1 saturated carbocycles. The number of anilines is 1. The summed E-state index contributed by atoms with van der Waals surface area (Å²) in [5, 5.41) is 3.73. The van der Waals surface area contributed by atoms with Crippen LogP contribution in [0.25, 0.3) is 11.0 Å². The van der Waals surface area contributed by atoms with Gasteiger partial charge in [-0.2, -0.15) is 0 Å². The lowest BCUT2D eigenvalue weighted by Gasteiger charge is -2.46. The van der Waals surface area contributed by atoms with E-state index in [2.05, 4.69) is 30.7 Å². The largest absolute Gasteiger partial charge is 0.465 e. The first kappa shape index (κ1) is 26.4. The third-order valence-electron chi connectivity index (χ3n) is 9.71. The van der Waals surface area contributed by atoms with Crippen molar-refractivity contribution in [1.82, 2.24) is 14.5 Å². The molecular formula is C32H27BrClFN4O3. The lowest BCUT2D eigenvalue weighted by molar-refractivity contribution is -0.129. The van der Waals surface area contributed by atoms with E-state index in [1.807, 2.05) is 30.3 Å². The first-order valence-electron chi connectivity index (χ1n) is 14.2. The minimum atomic E-state index is -1.03. The van der Waals surface area contributed by atoms with Gasteiger partial charge in [0.1, 0.15) is 17.2 Å². The van der Waals surface area contributed by atoms with Crippen LogP contribution in [-0.2, 0) is 22.5 Å². The van der Waals surface area contributed by atoms with E-state index in [-0.39, 0.29) is 23.7 Å². The molecule has 214 valence electrons. The number of aromatic nitrogens is 2. The quantitative estimate of drug-likeness (QED) is 0.263. The van der Waals surface area contributed by atoms with Gasteiger partial charge >= 0.3 is 5.97 Å². The van der Waals surface area contributed by atoms with Crippen LogP contribution in [0, 0.1) is 11.7 Å². The van der Waals surface area contributed by atoms with E-state index >= 15 is 4.39 Å². The van der Waals surface area contributed by atoms with Crippen LogP contribution in [0.3, 0.4) is 0 Å². The third-order valence-corrected chi connectivity index (χ3v) is 10.6. The van der Waals surface area contributed by atoms with Crippen molar-refractivity contribution in [2.75, 3.05) is 19.0 Å². The molecule has 1 aliphatic carbocycles. The number of esters is 1. The van der Waals surface area contributed by atoms with E-state index in [1.165, 1.54) is 7.11 Å². The molecule has 7 nitrogen and oxygen atoms in total. The summed E-state index contributed by atoms with van der Waals surface area (Å²) in [6.07, 6.45) is 2.68. The van der Waals surface area contributed by atoms with Gasteiger partial charge in [-0.1, -0.05) is 29.8 Å². The summed E-state index contributed by atoms with van der Waals surface area (Å²) >= 11 is 9.71. The Balaban J connectivity index is 1.36. The Hall–Kier alpha value is -3.27. The molecule has 1 spiro atoms. The molecule has 1 amide bonds. The summed E-state index contributed by atoms with van der Waals surface area (Å²) in [4.78, 5) is 34.3. The Morgan fingerprint density at radius 2 is 2.05 bits per heavy atom. The number of methoxy groups -OCH3 is 1. The lowest BCUT2D eigenvalue weighted by atomic mass is 9.69. The smallest absolute Gasteiger partial charge is 0.337 e. The number of likely N-dealkylation sites (tertiary alicyclic amines) is 1. The van der Waals surface area contributed by atoms with Gasteiger partial charge in [0.15, 0.2) is 0 Å². The number of benzene rings is 3. The summed E-state index contributed by atoms with van der Waals surface area (Å²) < 4.78 is 23.7. The molecule has 4 aliphatic rings. The van der Waals surface area contributed by atoms with Crippen molar-refractivity contribution in [3.8, 4) is 0 Å². The van der Waals surface area contributed by atoms with E-state index in [0.29, 0.717) is 50.7 Å². The molecule has 0 bridgehead atoms. The predicted octanol–water partition coefficient (Wildman–Crippen LogP) is 6.29. The van der Waals surface area contributed by atoms with Gasteiger partial charge in [-0.15, -0.1) is 0 Å². The summed E-state index contributed by atoms with van der Waals surface area (Å²) in [5.41, 5.74) is 3.18. The number of ether oxygens (including phenoxy) is 1. The number of amides is 1. The van der Waals surface area contributed by atoms with Crippen LogP contribution < -0.4 is 5.32 Å². The highest BCUT2D eigenvalue weighted by Crippen LogP contribution is 2.61. The number of imidazole rings is 1. The van der Waals surface area contributed by atoms with Gasteiger partial charge in [0.05, 0.1) is 28.2 Å². The van der Waals surface area contributed by atoms with Gasteiger partial charge in [-0.25, -0.2) is 14.2 Å². The average Bonchev–Trinajstić information content (AvgIpc) is 3.57. The molecule has 0 unspecified atom stereocenters. The minimum Gasteiger partial charge on any atom is -0.465 e. The number of hydrogen-bond donors (Lipinski definition) is 1. The van der Waals surface area contributed by atoms with Crippen molar-refractivity contribution in [3.63, 3.8) is 0 Å². The molecule has 0 radical (unpaired) electrons. The Kier molecular flexibility index (Phi) is 5.88. The standard InChI is InChI=1S/C32H27BrClFN4O3/c1-42-30(40)17-8-10-24-23(11-17)36-29-26-25(15-38(24)29)39(14-16-5-6-16)32(27(26)20-3-2-4-21(33)28(20)35)13-18-7-9-19(34)12-22(18)37-31(32)41/h2-4,7-12,16,25-27H,5-6,13-15H2,1H3,(H,37,41)/t25-,26+,27-,32+/m0/s1. The van der Waals surface area contributed by atoms with Gasteiger partial charge in [0.2, 0.25) is 5.91 Å². The van der Waals surface area contributed by atoms with Crippen molar-refractivity contribution >= 4 is 56.1 Å². The number of nitrogens with one attached hydrogen (secondary N) is 1. The maximum absolute atomic E-state index is 16.2. The van der Waals surface area contributed by atoms with E-state index in [9.17, 15) is 9.59 Å². The second-order valence-electron chi connectivity index (χ2n) is 11.9. The molecular weight excluding hydrogens is 623 g/mol. The molecule has 1 N–H and O–H groups in total. The molecule has 4 aromatic rings. The Morgan fingerprint density at radius 1 is 1.21 bits per heavy atom. The van der Waals surface area contributed by atoms with Crippen molar-refractivity contribution in [2.24, 2.45) is 5.92 Å². The normalized spacial score (nSPS) is 26.3. The minimum absolute atomic E-state index is 0.0548. The summed E-state index contributed by atoms with van der Waals surface area (Å²) in [6.45, 7) is 1.38. The fourth-order valence-electron chi connectivity index (χ4n) is 7.74. The third kappa shape index (κ3) is 3.69. The fourth-order valence-corrected chi connectivity index (χ4v) is 8.29. The lowest BCUT2D eigenvalue weighted by Crippen LogP contribution is -2.61. The van der Waals surface area contributed by atoms with Crippen LogP contribution in [0.15, 0.2) is 59.1 Å². The predicted molar refractivity (Wildman–Crippen MR) is 160 cm³/mol. The number of hydrogen-bond acceptors (Lipinski definition) is 5. The van der Waals surface area contributed by atoms with Crippen molar-refractivity contribution in [2.45, 2.75) is 49.2 Å². The van der Waals surface area contributed by atoms with Crippen LogP contribution in [0.2, 0.25) is 5.02 Å². The number of nitrogens with zero attached hydrogens (tertiary/aromatic N) is 3. The average molecular weight is 650 g/mol. The van der Waals surface area contributed by atoms with Gasteiger partial charge in [-0.05, 0) is 82.2 Å². The first-order chi connectivity index (χ1) is 20.3. The van der Waals surface area contributed by atoms with Crippen molar-refractivity contribution in [3.05, 3.63) is 92.4 Å². The zero-order chi connectivity index (χ0) is 28.9. The Morgan fingerprint density at radius 3 is 2.83 bits per heavy atom. The highest BCUT2D eigenvalue weighted by Gasteiger charge is 2.67. The van der Waals surface area contributed by atoms with Gasteiger partial charge in [-0.3, -0.25) is 9.69 Å². The van der Waals surface area contributed by atoms with Crippen LogP contribution >= 0.6 is 27.5 Å². The highest BCUT2D eigenvalue weighted by molar-refractivity contribution is 9.10. The summed E-state index contributed by atoms with van der Waals surface area (Å²) in [5.74, 6) is -0.362. The Labute approximate surface area is 255 Å².